The molecule has 0 saturated heterocycles. The van der Waals surface area contributed by atoms with Crippen molar-refractivity contribution in [3.63, 3.8) is 0 Å². The van der Waals surface area contributed by atoms with Gasteiger partial charge in [0.1, 0.15) is 0 Å². The summed E-state index contributed by atoms with van der Waals surface area (Å²) in [6, 6.07) is 15.1. The highest BCUT2D eigenvalue weighted by atomic mass is 127. The average Bonchev–Trinajstić information content (AvgIpc) is 2.30. The van der Waals surface area contributed by atoms with Crippen LogP contribution < -0.4 is 3.11 Å². The summed E-state index contributed by atoms with van der Waals surface area (Å²) in [6.07, 6.45) is 0. The third-order valence-electron chi connectivity index (χ3n) is 3.00. The van der Waals surface area contributed by atoms with Crippen LogP contribution in [0.15, 0.2) is 42.5 Å². The summed E-state index contributed by atoms with van der Waals surface area (Å²) in [5.41, 5.74) is 6.53. The summed E-state index contributed by atoms with van der Waals surface area (Å²) in [7, 11) is 2.06. The van der Waals surface area contributed by atoms with Crippen molar-refractivity contribution < 1.29 is 0 Å². The van der Waals surface area contributed by atoms with Gasteiger partial charge < -0.3 is 3.11 Å². The van der Waals surface area contributed by atoms with E-state index in [2.05, 4.69) is 89.3 Å². The normalized spacial score (nSPS) is 10.4. The Kier molecular flexibility index (Phi) is 3.72. The number of anilines is 1. The van der Waals surface area contributed by atoms with Crippen molar-refractivity contribution in [1.82, 2.24) is 0 Å². The minimum Gasteiger partial charge on any atom is -0.318 e. The van der Waals surface area contributed by atoms with Crippen molar-refractivity contribution >= 4 is 28.6 Å². The quantitative estimate of drug-likeness (QED) is 0.564. The zero-order valence-corrected chi connectivity index (χ0v) is 12.5. The van der Waals surface area contributed by atoms with E-state index >= 15 is 0 Å². The number of nitrogens with zero attached hydrogens (tertiary/aromatic N) is 1. The number of rotatable bonds is 2. The molecule has 0 spiro atoms. The van der Waals surface area contributed by atoms with Crippen LogP contribution in [0.5, 0.6) is 0 Å². The minimum atomic E-state index is 1.24. The van der Waals surface area contributed by atoms with Gasteiger partial charge in [-0.15, -0.1) is 0 Å². The highest BCUT2D eigenvalue weighted by molar-refractivity contribution is 14.1. The minimum absolute atomic E-state index is 1.24. The molecule has 0 bridgehead atoms. The van der Waals surface area contributed by atoms with Crippen molar-refractivity contribution in [3.8, 4) is 11.1 Å². The SMILES string of the molecule is Cc1ccccc1-c1ccc(N(C)I)cc1C. The Hall–Kier alpha value is -1.03. The Bertz CT molecular complexity index is 532. The lowest BCUT2D eigenvalue weighted by atomic mass is 9.96. The Balaban J connectivity index is 2.51. The molecule has 2 aromatic carbocycles. The van der Waals surface area contributed by atoms with Gasteiger partial charge in [-0.25, -0.2) is 0 Å². The fourth-order valence-corrected chi connectivity index (χ4v) is 2.32. The van der Waals surface area contributed by atoms with Gasteiger partial charge in [0.2, 0.25) is 0 Å². The molecule has 1 nitrogen and oxygen atoms in total. The van der Waals surface area contributed by atoms with Crippen molar-refractivity contribution in [3.05, 3.63) is 53.6 Å². The molecule has 88 valence electrons. The van der Waals surface area contributed by atoms with E-state index in [-0.39, 0.29) is 0 Å². The topological polar surface area (TPSA) is 3.24 Å². The maximum absolute atomic E-state index is 2.29. The molecule has 0 aliphatic rings. The lowest BCUT2D eigenvalue weighted by Gasteiger charge is -2.14. The molecular weight excluding hydrogens is 321 g/mol. The van der Waals surface area contributed by atoms with Crippen LogP contribution in [-0.4, -0.2) is 7.05 Å². The lowest BCUT2D eigenvalue weighted by molar-refractivity contribution is 1.36. The zero-order valence-electron chi connectivity index (χ0n) is 10.4. The molecule has 0 fully saturated rings. The molecule has 2 rings (SSSR count). The fraction of sp³-hybridized carbons (Fsp3) is 0.200. The predicted molar refractivity (Wildman–Crippen MR) is 83.8 cm³/mol. The van der Waals surface area contributed by atoms with Gasteiger partial charge in [0.15, 0.2) is 0 Å². The van der Waals surface area contributed by atoms with Crippen molar-refractivity contribution in [2.24, 2.45) is 0 Å². The predicted octanol–water partition coefficient (Wildman–Crippen LogP) is 4.76. The fourth-order valence-electron chi connectivity index (χ4n) is 2.02. The number of hydrogen-bond acceptors (Lipinski definition) is 1. The summed E-state index contributed by atoms with van der Waals surface area (Å²) < 4.78 is 2.10. The van der Waals surface area contributed by atoms with E-state index < -0.39 is 0 Å². The lowest BCUT2D eigenvalue weighted by Crippen LogP contribution is -1.99. The molecule has 0 amide bonds. The summed E-state index contributed by atoms with van der Waals surface area (Å²) in [4.78, 5) is 0. The Morgan fingerprint density at radius 3 is 2.12 bits per heavy atom. The van der Waals surface area contributed by atoms with Crippen molar-refractivity contribution in [2.75, 3.05) is 10.2 Å². The van der Waals surface area contributed by atoms with E-state index in [0.29, 0.717) is 0 Å². The second-order valence-corrected chi connectivity index (χ2v) is 5.74. The maximum Gasteiger partial charge on any atom is 0.0588 e. The van der Waals surface area contributed by atoms with Gasteiger partial charge in [-0.3, -0.25) is 0 Å². The van der Waals surface area contributed by atoms with E-state index in [4.69, 9.17) is 0 Å². The molecule has 0 radical (unpaired) electrons. The largest absolute Gasteiger partial charge is 0.318 e. The molecule has 0 saturated carbocycles. The summed E-state index contributed by atoms with van der Waals surface area (Å²) in [6.45, 7) is 4.33. The first-order valence-electron chi connectivity index (χ1n) is 5.66. The molecule has 0 aliphatic heterocycles. The second kappa shape index (κ2) is 5.08. The van der Waals surface area contributed by atoms with E-state index in [1.807, 2.05) is 0 Å². The van der Waals surface area contributed by atoms with Gasteiger partial charge in [-0.2, -0.15) is 0 Å². The molecular formula is C15H16IN. The summed E-state index contributed by atoms with van der Waals surface area (Å²) in [5.74, 6) is 0. The molecule has 2 aromatic rings. The summed E-state index contributed by atoms with van der Waals surface area (Å²) in [5, 5.41) is 0. The Morgan fingerprint density at radius 1 is 0.882 bits per heavy atom. The molecule has 0 aliphatic carbocycles. The highest BCUT2D eigenvalue weighted by Crippen LogP contribution is 2.29. The third-order valence-corrected chi connectivity index (χ3v) is 3.56. The first-order valence-corrected chi connectivity index (χ1v) is 6.62. The van der Waals surface area contributed by atoms with Gasteiger partial charge in [-0.1, -0.05) is 30.3 Å². The van der Waals surface area contributed by atoms with Gasteiger partial charge in [0.05, 0.1) is 22.9 Å². The van der Waals surface area contributed by atoms with E-state index in [9.17, 15) is 0 Å². The molecule has 17 heavy (non-hydrogen) atoms. The molecule has 2 heteroatoms. The molecule has 0 N–H and O–H groups in total. The number of aryl methyl sites for hydroxylation is 2. The van der Waals surface area contributed by atoms with E-state index in [1.54, 1.807) is 0 Å². The van der Waals surface area contributed by atoms with Gasteiger partial charge in [0.25, 0.3) is 0 Å². The van der Waals surface area contributed by atoms with Gasteiger partial charge in [0, 0.05) is 12.7 Å². The Morgan fingerprint density at radius 2 is 1.53 bits per heavy atom. The monoisotopic (exact) mass is 337 g/mol. The molecule has 0 aromatic heterocycles. The molecule has 0 unspecified atom stereocenters. The van der Waals surface area contributed by atoms with E-state index in [0.717, 1.165) is 0 Å². The van der Waals surface area contributed by atoms with Gasteiger partial charge >= 0.3 is 0 Å². The smallest absolute Gasteiger partial charge is 0.0588 e. The maximum atomic E-state index is 2.29. The van der Waals surface area contributed by atoms with Crippen LogP contribution in [0.4, 0.5) is 5.69 Å². The van der Waals surface area contributed by atoms with Crippen molar-refractivity contribution in [2.45, 2.75) is 13.8 Å². The standard InChI is InChI=1S/C15H16IN/c1-11-6-4-5-7-14(11)15-9-8-13(17(3)16)10-12(15)2/h4-10H,1-3H3. The highest BCUT2D eigenvalue weighted by Gasteiger charge is 2.06. The zero-order chi connectivity index (χ0) is 12.4. The first kappa shape index (κ1) is 12.4. The number of benzene rings is 2. The average molecular weight is 337 g/mol. The van der Waals surface area contributed by atoms with E-state index in [1.165, 1.54) is 27.9 Å². The van der Waals surface area contributed by atoms with Crippen LogP contribution in [0, 0.1) is 13.8 Å². The Labute approximate surface area is 117 Å². The third kappa shape index (κ3) is 2.63. The molecule has 0 heterocycles. The van der Waals surface area contributed by atoms with Crippen LogP contribution in [0.1, 0.15) is 11.1 Å². The first-order chi connectivity index (χ1) is 8.09. The van der Waals surface area contributed by atoms with Crippen LogP contribution in [0.3, 0.4) is 0 Å². The number of halogens is 1. The second-order valence-electron chi connectivity index (χ2n) is 4.29. The number of hydrogen-bond donors (Lipinski definition) is 0. The van der Waals surface area contributed by atoms with Crippen LogP contribution in [-0.2, 0) is 0 Å². The van der Waals surface area contributed by atoms with Crippen LogP contribution in [0.2, 0.25) is 0 Å². The van der Waals surface area contributed by atoms with Crippen molar-refractivity contribution in [1.29, 1.82) is 0 Å². The van der Waals surface area contributed by atoms with Crippen LogP contribution in [0.25, 0.3) is 11.1 Å². The van der Waals surface area contributed by atoms with Gasteiger partial charge in [-0.05, 0) is 48.2 Å². The summed E-state index contributed by atoms with van der Waals surface area (Å²) >= 11 is 2.29. The van der Waals surface area contributed by atoms with Crippen LogP contribution >= 0.6 is 22.9 Å². The molecule has 0 atom stereocenters.